The lowest BCUT2D eigenvalue weighted by atomic mass is 10.2. The molecule has 0 saturated heterocycles. The number of hydrogen-bond donors (Lipinski definition) is 0. The Morgan fingerprint density at radius 3 is 2.47 bits per heavy atom. The van der Waals surface area contributed by atoms with Crippen LogP contribution in [0.25, 0.3) is 0 Å². The van der Waals surface area contributed by atoms with E-state index in [4.69, 9.17) is 0 Å². The minimum Gasteiger partial charge on any atom is -0.357 e. The molecule has 0 radical (unpaired) electrons. The summed E-state index contributed by atoms with van der Waals surface area (Å²) < 4.78 is 0. The van der Waals surface area contributed by atoms with Gasteiger partial charge < -0.3 is 4.90 Å². The van der Waals surface area contributed by atoms with Crippen molar-refractivity contribution in [2.24, 2.45) is 0 Å². The summed E-state index contributed by atoms with van der Waals surface area (Å²) >= 11 is 1.92. The summed E-state index contributed by atoms with van der Waals surface area (Å²) in [6.45, 7) is 1.00. The van der Waals surface area contributed by atoms with Gasteiger partial charge in [-0.05, 0) is 17.7 Å². The lowest BCUT2D eigenvalue weighted by Gasteiger charge is -2.18. The van der Waals surface area contributed by atoms with Crippen LogP contribution >= 0.6 is 24.2 Å². The molecule has 0 aromatic heterocycles. The number of para-hydroxylation sites is 1. The third kappa shape index (κ3) is 2.59. The maximum absolute atomic E-state index is 2.43. The summed E-state index contributed by atoms with van der Waals surface area (Å²) in [4.78, 5) is 3.83. The Balaban J connectivity index is 0.00000108. The first kappa shape index (κ1) is 12.3. The molecule has 3 rings (SSSR count). The zero-order chi connectivity index (χ0) is 10.8. The smallest absolute Gasteiger partial charge is 0.0690 e. The predicted octanol–water partition coefficient (Wildman–Crippen LogP) is 4.18. The van der Waals surface area contributed by atoms with E-state index in [2.05, 4.69) is 59.5 Å². The molecular formula is C14H14ClNS. The van der Waals surface area contributed by atoms with Crippen molar-refractivity contribution in [3.63, 3.8) is 0 Å². The molecule has 2 aromatic carbocycles. The van der Waals surface area contributed by atoms with Gasteiger partial charge in [0, 0.05) is 11.4 Å². The van der Waals surface area contributed by atoms with Crippen molar-refractivity contribution >= 4 is 29.9 Å². The molecular weight excluding hydrogens is 250 g/mol. The quantitative estimate of drug-likeness (QED) is 0.800. The molecule has 88 valence electrons. The first-order valence-electron chi connectivity index (χ1n) is 5.44. The monoisotopic (exact) mass is 263 g/mol. The number of benzene rings is 2. The van der Waals surface area contributed by atoms with Gasteiger partial charge in [0.15, 0.2) is 0 Å². The molecule has 0 atom stereocenters. The van der Waals surface area contributed by atoms with Crippen molar-refractivity contribution in [2.45, 2.75) is 11.4 Å². The number of rotatable bonds is 2. The van der Waals surface area contributed by atoms with Crippen molar-refractivity contribution in [1.29, 1.82) is 0 Å². The third-order valence-corrected chi connectivity index (χ3v) is 3.90. The molecule has 1 heterocycles. The van der Waals surface area contributed by atoms with Crippen LogP contribution in [0.5, 0.6) is 0 Å². The van der Waals surface area contributed by atoms with E-state index in [0.29, 0.717) is 0 Å². The van der Waals surface area contributed by atoms with Crippen LogP contribution in [0.1, 0.15) is 5.56 Å². The first-order chi connectivity index (χ1) is 7.93. The predicted molar refractivity (Wildman–Crippen MR) is 77.0 cm³/mol. The highest BCUT2D eigenvalue weighted by molar-refractivity contribution is 7.99. The molecule has 1 aliphatic rings. The normalized spacial score (nSPS) is 13.1. The number of thioether (sulfide) groups is 1. The molecule has 0 spiro atoms. The molecule has 0 amide bonds. The molecule has 1 aliphatic heterocycles. The summed E-state index contributed by atoms with van der Waals surface area (Å²) in [5, 5.41) is 0. The van der Waals surface area contributed by atoms with Crippen LogP contribution in [0, 0.1) is 0 Å². The number of hydrogen-bond acceptors (Lipinski definition) is 2. The Bertz CT molecular complexity index is 487. The van der Waals surface area contributed by atoms with E-state index in [1.165, 1.54) is 16.1 Å². The van der Waals surface area contributed by atoms with E-state index in [-0.39, 0.29) is 12.4 Å². The van der Waals surface area contributed by atoms with Gasteiger partial charge in [0.1, 0.15) is 0 Å². The van der Waals surface area contributed by atoms with Gasteiger partial charge in [-0.3, -0.25) is 0 Å². The maximum atomic E-state index is 2.43. The van der Waals surface area contributed by atoms with Gasteiger partial charge in [-0.2, -0.15) is 0 Å². The van der Waals surface area contributed by atoms with E-state index in [1.807, 2.05) is 11.8 Å². The summed E-state index contributed by atoms with van der Waals surface area (Å²) in [7, 11) is 0. The Morgan fingerprint density at radius 2 is 1.65 bits per heavy atom. The second-order valence-electron chi connectivity index (χ2n) is 3.92. The van der Waals surface area contributed by atoms with Crippen molar-refractivity contribution in [3.05, 3.63) is 60.2 Å². The lowest BCUT2D eigenvalue weighted by molar-refractivity contribution is 0.908. The number of halogens is 1. The van der Waals surface area contributed by atoms with E-state index < -0.39 is 0 Å². The fraction of sp³-hybridized carbons (Fsp3) is 0.143. The van der Waals surface area contributed by atoms with E-state index in [9.17, 15) is 0 Å². The zero-order valence-electron chi connectivity index (χ0n) is 9.37. The topological polar surface area (TPSA) is 3.24 Å². The minimum absolute atomic E-state index is 0. The molecule has 0 saturated carbocycles. The lowest BCUT2D eigenvalue weighted by Crippen LogP contribution is -2.17. The van der Waals surface area contributed by atoms with Gasteiger partial charge in [0.25, 0.3) is 0 Å². The van der Waals surface area contributed by atoms with Crippen LogP contribution in [0.3, 0.4) is 0 Å². The average Bonchev–Trinajstić information content (AvgIpc) is 2.74. The first-order valence-corrected chi connectivity index (χ1v) is 6.43. The Kier molecular flexibility index (Phi) is 3.97. The van der Waals surface area contributed by atoms with Crippen LogP contribution in [0.15, 0.2) is 59.5 Å². The van der Waals surface area contributed by atoms with Crippen LogP contribution in [-0.2, 0) is 6.54 Å². The van der Waals surface area contributed by atoms with Crippen LogP contribution in [-0.4, -0.2) is 5.88 Å². The molecule has 17 heavy (non-hydrogen) atoms. The summed E-state index contributed by atoms with van der Waals surface area (Å²) in [5.41, 5.74) is 2.75. The summed E-state index contributed by atoms with van der Waals surface area (Å²) in [6, 6.07) is 19.3. The fourth-order valence-corrected chi connectivity index (χ4v) is 3.04. The Labute approximate surface area is 112 Å². The van der Waals surface area contributed by atoms with Crippen molar-refractivity contribution in [2.75, 3.05) is 10.8 Å². The number of anilines is 1. The molecule has 1 nitrogen and oxygen atoms in total. The number of fused-ring (bicyclic) bond motifs is 1. The average molecular weight is 264 g/mol. The van der Waals surface area contributed by atoms with Crippen molar-refractivity contribution < 1.29 is 0 Å². The molecule has 3 heteroatoms. The second-order valence-corrected chi connectivity index (χ2v) is 4.91. The Morgan fingerprint density at radius 1 is 0.941 bits per heavy atom. The summed E-state index contributed by atoms with van der Waals surface area (Å²) in [6.07, 6.45) is 0. The zero-order valence-corrected chi connectivity index (χ0v) is 11.0. The van der Waals surface area contributed by atoms with E-state index in [0.717, 1.165) is 12.4 Å². The van der Waals surface area contributed by atoms with Gasteiger partial charge in [-0.15, -0.1) is 24.2 Å². The molecule has 2 aromatic rings. The highest BCUT2D eigenvalue weighted by atomic mass is 35.5. The molecule has 0 fully saturated rings. The largest absolute Gasteiger partial charge is 0.357 e. The second kappa shape index (κ2) is 5.48. The van der Waals surface area contributed by atoms with Crippen molar-refractivity contribution in [3.8, 4) is 0 Å². The van der Waals surface area contributed by atoms with E-state index in [1.54, 1.807) is 0 Å². The maximum Gasteiger partial charge on any atom is 0.0690 e. The van der Waals surface area contributed by atoms with Gasteiger partial charge in [-0.25, -0.2) is 0 Å². The summed E-state index contributed by atoms with van der Waals surface area (Å²) in [5.74, 6) is 1.06. The van der Waals surface area contributed by atoms with Gasteiger partial charge in [-0.1, -0.05) is 42.5 Å². The molecule has 0 bridgehead atoms. The van der Waals surface area contributed by atoms with Gasteiger partial charge in [0.2, 0.25) is 0 Å². The van der Waals surface area contributed by atoms with Crippen molar-refractivity contribution in [1.82, 2.24) is 0 Å². The third-order valence-electron chi connectivity index (χ3n) is 2.80. The Hall–Kier alpha value is -1.12. The van der Waals surface area contributed by atoms with Gasteiger partial charge >= 0.3 is 0 Å². The molecule has 0 unspecified atom stereocenters. The fourth-order valence-electron chi connectivity index (χ4n) is 1.99. The molecule has 0 N–H and O–H groups in total. The van der Waals surface area contributed by atoms with Crippen LogP contribution in [0.4, 0.5) is 5.69 Å². The van der Waals surface area contributed by atoms with Gasteiger partial charge in [0.05, 0.1) is 11.6 Å². The highest BCUT2D eigenvalue weighted by Gasteiger charge is 2.18. The van der Waals surface area contributed by atoms with Crippen LogP contribution < -0.4 is 4.90 Å². The van der Waals surface area contributed by atoms with Crippen LogP contribution in [0.2, 0.25) is 0 Å². The van der Waals surface area contributed by atoms with E-state index >= 15 is 0 Å². The molecule has 0 aliphatic carbocycles. The highest BCUT2D eigenvalue weighted by Crippen LogP contribution is 2.38. The minimum atomic E-state index is 0. The standard InChI is InChI=1S/C14H13NS.ClH/c1-2-6-12(7-3-1)10-15-11-16-14-9-5-4-8-13(14)15;/h1-9H,10-11H2;1H. The SMILES string of the molecule is Cl.c1ccc(CN2CSc3ccccc32)cc1. The number of nitrogens with zero attached hydrogens (tertiary/aromatic N) is 1.